The molecule has 6 heteroatoms. The lowest BCUT2D eigenvalue weighted by Gasteiger charge is -2.44. The number of benzene rings is 2. The van der Waals surface area contributed by atoms with Crippen molar-refractivity contribution in [3.8, 4) is 0 Å². The third kappa shape index (κ3) is 4.97. The van der Waals surface area contributed by atoms with Crippen LogP contribution in [0, 0.1) is 11.7 Å². The minimum Gasteiger partial charge on any atom is -0.371 e. The third-order valence-corrected chi connectivity index (χ3v) is 7.23. The molecule has 2 heterocycles. The average molecular weight is 478 g/mol. The summed E-state index contributed by atoms with van der Waals surface area (Å²) in [5.41, 5.74) is 4.71. The number of rotatable bonds is 3. The highest BCUT2D eigenvalue weighted by atomic mass is 19.1. The quantitative estimate of drug-likeness (QED) is 0.500. The second-order valence-electron chi connectivity index (χ2n) is 11.0. The molecule has 184 valence electrons. The fourth-order valence-corrected chi connectivity index (χ4v) is 5.86. The smallest absolute Gasteiger partial charge is 0.319 e. The van der Waals surface area contributed by atoms with E-state index < -0.39 is 0 Å². The van der Waals surface area contributed by atoms with Crippen molar-refractivity contribution < 1.29 is 13.6 Å². The molecule has 0 saturated heterocycles. The standard InChI is InChI=1S/C29H33F2N3O/c1-29(2,3)33-28(35)32-22-16-25-23(18-6-4-8-20(30)14-18)10-12-34-13-11-24(26(17-22)27(25)34)19-7-5-9-21(31)15-19/h4-6,8-9,14-17,19,23-24H,7,10-13H2,1-3H3,(H2,32,33,35)/t19?,23-,24-/m0/s1. The van der Waals surface area contributed by atoms with Gasteiger partial charge in [0.15, 0.2) is 0 Å². The zero-order valence-electron chi connectivity index (χ0n) is 20.6. The Morgan fingerprint density at radius 2 is 1.83 bits per heavy atom. The molecule has 0 aromatic heterocycles. The van der Waals surface area contributed by atoms with Gasteiger partial charge in [-0.1, -0.05) is 18.2 Å². The topological polar surface area (TPSA) is 44.4 Å². The summed E-state index contributed by atoms with van der Waals surface area (Å²) in [5.74, 6) is -0.187. The largest absolute Gasteiger partial charge is 0.371 e. The van der Waals surface area contributed by atoms with Gasteiger partial charge in [0.05, 0.1) is 0 Å². The first kappa shape index (κ1) is 23.6. The van der Waals surface area contributed by atoms with E-state index in [1.54, 1.807) is 18.2 Å². The van der Waals surface area contributed by atoms with Gasteiger partial charge in [-0.05, 0) is 105 Å². The van der Waals surface area contributed by atoms with E-state index in [9.17, 15) is 13.6 Å². The highest BCUT2D eigenvalue weighted by Gasteiger charge is 2.37. The molecule has 0 bridgehead atoms. The zero-order chi connectivity index (χ0) is 24.7. The van der Waals surface area contributed by atoms with Crippen molar-refractivity contribution in [3.05, 3.63) is 83.0 Å². The Morgan fingerprint density at radius 1 is 1.06 bits per heavy atom. The number of allylic oxidation sites excluding steroid dienone is 4. The fourth-order valence-electron chi connectivity index (χ4n) is 5.86. The van der Waals surface area contributed by atoms with Gasteiger partial charge in [0.2, 0.25) is 0 Å². The number of halogens is 2. The maximum atomic E-state index is 14.2. The average Bonchev–Trinajstić information content (AvgIpc) is 2.78. The van der Waals surface area contributed by atoms with Gasteiger partial charge in [0, 0.05) is 35.9 Å². The molecular weight excluding hydrogens is 444 g/mol. The first-order valence-corrected chi connectivity index (χ1v) is 12.5. The lowest BCUT2D eigenvalue weighted by molar-refractivity contribution is 0.244. The van der Waals surface area contributed by atoms with Crippen molar-refractivity contribution in [3.63, 3.8) is 0 Å². The van der Waals surface area contributed by atoms with Crippen molar-refractivity contribution in [2.75, 3.05) is 23.3 Å². The molecule has 0 saturated carbocycles. The highest BCUT2D eigenvalue weighted by Crippen LogP contribution is 2.51. The molecule has 1 unspecified atom stereocenters. The van der Waals surface area contributed by atoms with E-state index in [-0.39, 0.29) is 41.0 Å². The number of hydrogen-bond donors (Lipinski definition) is 2. The van der Waals surface area contributed by atoms with Gasteiger partial charge >= 0.3 is 6.03 Å². The van der Waals surface area contributed by atoms with Gasteiger partial charge < -0.3 is 15.5 Å². The predicted molar refractivity (Wildman–Crippen MR) is 137 cm³/mol. The van der Waals surface area contributed by atoms with E-state index in [1.807, 2.05) is 39.0 Å². The van der Waals surface area contributed by atoms with Crippen molar-refractivity contribution in [2.24, 2.45) is 5.92 Å². The van der Waals surface area contributed by atoms with Gasteiger partial charge in [-0.3, -0.25) is 0 Å². The maximum Gasteiger partial charge on any atom is 0.319 e. The summed E-state index contributed by atoms with van der Waals surface area (Å²) >= 11 is 0. The molecule has 1 aliphatic carbocycles. The third-order valence-electron chi connectivity index (χ3n) is 7.23. The lowest BCUT2D eigenvalue weighted by atomic mass is 9.73. The first-order valence-electron chi connectivity index (χ1n) is 12.5. The molecular formula is C29H33F2N3O. The molecule has 35 heavy (non-hydrogen) atoms. The number of nitrogens with zero attached hydrogens (tertiary/aromatic N) is 1. The summed E-state index contributed by atoms with van der Waals surface area (Å²) in [5, 5.41) is 5.99. The van der Waals surface area contributed by atoms with Gasteiger partial charge in [0.25, 0.3) is 0 Å². The van der Waals surface area contributed by atoms with Crippen LogP contribution >= 0.6 is 0 Å². The summed E-state index contributed by atoms with van der Waals surface area (Å²) in [4.78, 5) is 15.2. The summed E-state index contributed by atoms with van der Waals surface area (Å²) < 4.78 is 28.3. The summed E-state index contributed by atoms with van der Waals surface area (Å²) in [6.07, 6.45) is 7.79. The molecule has 0 spiro atoms. The van der Waals surface area contributed by atoms with Crippen LogP contribution in [0.1, 0.15) is 68.6 Å². The second kappa shape index (κ2) is 9.14. The van der Waals surface area contributed by atoms with E-state index in [4.69, 9.17) is 0 Å². The zero-order valence-corrected chi connectivity index (χ0v) is 20.6. The fraction of sp³-hybridized carbons (Fsp3) is 0.414. The van der Waals surface area contributed by atoms with Crippen molar-refractivity contribution in [1.82, 2.24) is 5.32 Å². The Bertz CT molecular complexity index is 1200. The van der Waals surface area contributed by atoms with Crippen LogP contribution in [0.3, 0.4) is 0 Å². The first-order chi connectivity index (χ1) is 16.7. The molecule has 2 N–H and O–H groups in total. The maximum absolute atomic E-state index is 14.2. The predicted octanol–water partition coefficient (Wildman–Crippen LogP) is 7.00. The van der Waals surface area contributed by atoms with Gasteiger partial charge in [0.1, 0.15) is 11.6 Å². The molecule has 0 radical (unpaired) electrons. The summed E-state index contributed by atoms with van der Waals surface area (Å²) in [6, 6.07) is 10.7. The molecule has 5 rings (SSSR count). The van der Waals surface area contributed by atoms with Crippen molar-refractivity contribution in [1.29, 1.82) is 0 Å². The summed E-state index contributed by atoms with van der Waals surface area (Å²) in [7, 11) is 0. The van der Waals surface area contributed by atoms with Crippen LogP contribution in [0.4, 0.5) is 25.0 Å². The number of carbonyl (C=O) groups excluding carboxylic acids is 1. The van der Waals surface area contributed by atoms with E-state index in [2.05, 4.69) is 21.6 Å². The molecule has 4 nitrogen and oxygen atoms in total. The Hall–Kier alpha value is -3.15. The van der Waals surface area contributed by atoms with Crippen LogP contribution in [0.5, 0.6) is 0 Å². The molecule has 2 aromatic rings. The molecule has 0 fully saturated rings. The SMILES string of the molecule is CC(C)(C)NC(=O)Nc1cc2c3c(c1)[C@H](C1C=C(F)C=CC1)CCN3CC[C@H]2c1cccc(F)c1. The minimum absolute atomic E-state index is 0.0282. The summed E-state index contributed by atoms with van der Waals surface area (Å²) in [6.45, 7) is 7.62. The Labute approximate surface area is 206 Å². The van der Waals surface area contributed by atoms with Crippen LogP contribution in [0.25, 0.3) is 0 Å². The highest BCUT2D eigenvalue weighted by molar-refractivity contribution is 5.91. The van der Waals surface area contributed by atoms with Crippen LogP contribution in [0.2, 0.25) is 0 Å². The number of anilines is 2. The van der Waals surface area contributed by atoms with Crippen LogP contribution in [-0.4, -0.2) is 24.7 Å². The normalized spacial score (nSPS) is 23.4. The Balaban J connectivity index is 1.60. The van der Waals surface area contributed by atoms with Gasteiger partial charge in [-0.15, -0.1) is 0 Å². The van der Waals surface area contributed by atoms with Crippen LogP contribution in [-0.2, 0) is 0 Å². The Kier molecular flexibility index (Phi) is 6.16. The van der Waals surface area contributed by atoms with E-state index in [0.29, 0.717) is 5.69 Å². The van der Waals surface area contributed by atoms with E-state index in [1.165, 1.54) is 17.8 Å². The number of hydrogen-bond acceptors (Lipinski definition) is 2. The number of urea groups is 1. The second-order valence-corrected chi connectivity index (χ2v) is 11.0. The van der Waals surface area contributed by atoms with Gasteiger partial charge in [-0.25, -0.2) is 13.6 Å². The monoisotopic (exact) mass is 477 g/mol. The minimum atomic E-state index is -0.368. The number of nitrogens with one attached hydrogen (secondary N) is 2. The molecule has 3 aliphatic rings. The van der Waals surface area contributed by atoms with E-state index >= 15 is 0 Å². The van der Waals surface area contributed by atoms with Crippen molar-refractivity contribution >= 4 is 17.4 Å². The molecule has 2 aromatic carbocycles. The van der Waals surface area contributed by atoms with E-state index in [0.717, 1.165) is 49.0 Å². The molecule has 2 aliphatic heterocycles. The molecule has 2 amide bonds. The number of carbonyl (C=O) groups is 1. The van der Waals surface area contributed by atoms with Crippen molar-refractivity contribution in [2.45, 2.75) is 57.4 Å². The van der Waals surface area contributed by atoms with Gasteiger partial charge in [-0.2, -0.15) is 0 Å². The van der Waals surface area contributed by atoms with Crippen LogP contribution in [0.15, 0.2) is 60.5 Å². The number of amides is 2. The molecule has 3 atom stereocenters. The Morgan fingerprint density at radius 3 is 2.57 bits per heavy atom. The lowest BCUT2D eigenvalue weighted by Crippen LogP contribution is -2.43. The van der Waals surface area contributed by atoms with Crippen LogP contribution < -0.4 is 15.5 Å².